The molecule has 720 valence electrons. The molecule has 0 amide bonds. The summed E-state index contributed by atoms with van der Waals surface area (Å²) in [5.74, 6) is 0. The van der Waals surface area contributed by atoms with Crippen LogP contribution in [-0.4, -0.2) is 0 Å². The molecule has 0 spiro atoms. The fraction of sp³-hybridized carbons (Fsp3) is 0.471. The monoisotopic (exact) mass is 1810 g/mol. The van der Waals surface area contributed by atoms with E-state index in [0.717, 1.165) is 51.4 Å². The fourth-order valence-electron chi connectivity index (χ4n) is 22.0. The predicted octanol–water partition coefficient (Wildman–Crippen LogP) is 38.7. The number of aryl methyl sites for hydroxylation is 8. The SMILES string of the molecule is CCCCCCCCc1cc2c(cc1CCCCCCCC)=c1ccc(cc1)=c1ccc(cc1)=c1cc(CCCCCCCC)c(CCCCCCCC)cc1=c1ccc(cc1)=c1ccc(cc1)=c1cc(CCCCCCCC)c(CCCCCCCC)cc1=c1ccc(cc1)=c1ccc(cc1)=c1cc(CCCCCCCC)c(CCCCCCCC)cc1=c1ccc(cc1)=c1ccc=2cc1. The standard InChI is InChI=1S/C136H176/c1-9-17-25-33-41-49-57-121-97-129-113-81-65-105(66-82-113)107-69-85-115(86-70-107)131-99-123(59-51-43-35-27-19-11-3)125(61-53-45-37-29-21-13-5)101-133(131)117-89-73-109(74-90-117)111-77-93-119(94-78-111)135-103-127(63-55-47-39-31-23-15-7)128(64-56-48-40-32-24-16-8)104-136(135)120-95-79-112(80-96-120)110-75-91-118(92-76-110)134-102-126(62-54-46-38-30-22-14-6)124(60-52-44-36-28-20-12-4)100-132(134)116-87-71-108(72-88-116)106-67-83-114(84-68-106)130(129)98-122(121)58-50-42-34-26-18-10-2/h65-104H,9-64H2,1-8H3. The second-order valence-corrected chi connectivity index (χ2v) is 41.4. The maximum absolute atomic E-state index is 2.66. The van der Waals surface area contributed by atoms with Crippen molar-refractivity contribution in [2.75, 3.05) is 0 Å². The lowest BCUT2D eigenvalue weighted by Crippen LogP contribution is -1.98. The quantitative estimate of drug-likeness (QED) is 0.0333. The Balaban J connectivity index is 1.09. The van der Waals surface area contributed by atoms with E-state index in [4.69, 9.17) is 0 Å². The van der Waals surface area contributed by atoms with Crippen molar-refractivity contribution >= 4 is 0 Å². The minimum atomic E-state index is 1.14. The lowest BCUT2D eigenvalue weighted by molar-refractivity contribution is 0.599. The Labute approximate surface area is 821 Å². The number of unbranched alkanes of at least 4 members (excludes halogenated alkanes) is 40. The van der Waals surface area contributed by atoms with E-state index in [1.807, 2.05) is 0 Å². The number of hydrogen-bond donors (Lipinski definition) is 0. The summed E-state index contributed by atoms with van der Waals surface area (Å²) < 4.78 is 0. The fourth-order valence-corrected chi connectivity index (χ4v) is 22.0. The van der Waals surface area contributed by atoms with Crippen LogP contribution in [0.25, 0.3) is 0 Å². The molecule has 13 aliphatic rings. The van der Waals surface area contributed by atoms with E-state index >= 15 is 0 Å². The molecule has 12 aromatic rings. The molecule has 0 radical (unpaired) electrons. The van der Waals surface area contributed by atoms with Crippen molar-refractivity contribution in [1.29, 1.82) is 0 Å². The Kier molecular flexibility index (Phi) is 44.7. The first-order valence-electron chi connectivity index (χ1n) is 56.7. The molecule has 0 aromatic heterocycles. The topological polar surface area (TPSA) is 0 Å². The number of benzene rings is 12. The summed E-state index contributed by atoms with van der Waals surface area (Å²) in [7, 11) is 0. The van der Waals surface area contributed by atoms with E-state index in [1.165, 1.54) is 433 Å². The van der Waals surface area contributed by atoms with Gasteiger partial charge in [-0.05, 0) is 272 Å². The van der Waals surface area contributed by atoms with Gasteiger partial charge in [-0.3, -0.25) is 0 Å². The highest BCUT2D eigenvalue weighted by Crippen LogP contribution is 2.29. The van der Waals surface area contributed by atoms with Crippen LogP contribution >= 0.6 is 0 Å². The first-order chi connectivity index (χ1) is 67.2. The van der Waals surface area contributed by atoms with E-state index in [-0.39, 0.29) is 0 Å². The van der Waals surface area contributed by atoms with Crippen molar-refractivity contribution in [3.63, 3.8) is 0 Å². The molecule has 0 heterocycles. The van der Waals surface area contributed by atoms with E-state index in [9.17, 15) is 0 Å². The summed E-state index contributed by atoms with van der Waals surface area (Å²) in [5, 5.41) is 31.2. The molecule has 0 aliphatic heterocycles. The van der Waals surface area contributed by atoms with Crippen LogP contribution in [0.4, 0.5) is 0 Å². The number of rotatable bonds is 56. The summed E-state index contributed by atoms with van der Waals surface area (Å²) in [6.07, 6.45) is 71.7. The maximum Gasteiger partial charge on any atom is -0.0102 e. The highest BCUT2D eigenvalue weighted by atomic mass is 14.2. The molecule has 0 unspecified atom stereocenters. The van der Waals surface area contributed by atoms with E-state index < -0.39 is 0 Å². The third-order valence-electron chi connectivity index (χ3n) is 30.7. The van der Waals surface area contributed by atoms with Gasteiger partial charge < -0.3 is 0 Å². The molecule has 0 fully saturated rings. The van der Waals surface area contributed by atoms with Gasteiger partial charge in [0.2, 0.25) is 0 Å². The summed E-state index contributed by atoms with van der Waals surface area (Å²) in [6.45, 7) is 18.7. The lowest BCUT2D eigenvalue weighted by Gasteiger charge is -2.12. The third kappa shape index (κ3) is 31.3. The van der Waals surface area contributed by atoms with Crippen LogP contribution in [0.1, 0.15) is 408 Å². The molecule has 0 heteroatoms. The van der Waals surface area contributed by atoms with Gasteiger partial charge in [0.1, 0.15) is 0 Å². The molecule has 13 aliphatic carbocycles. The highest BCUT2D eigenvalue weighted by molar-refractivity contribution is 5.40. The van der Waals surface area contributed by atoms with Crippen molar-refractivity contribution in [3.05, 3.63) is 412 Å². The van der Waals surface area contributed by atoms with Gasteiger partial charge in [-0.1, -0.05) is 555 Å². The largest absolute Gasteiger partial charge is 0.0654 e. The highest BCUT2D eigenvalue weighted by Gasteiger charge is 2.14. The molecule has 16 bridgehead atoms. The first kappa shape index (κ1) is 104. The van der Waals surface area contributed by atoms with Gasteiger partial charge in [-0.25, -0.2) is 0 Å². The second-order valence-electron chi connectivity index (χ2n) is 41.4. The molecule has 0 atom stereocenters. The van der Waals surface area contributed by atoms with Crippen molar-refractivity contribution in [1.82, 2.24) is 0 Å². The minimum absolute atomic E-state index is 1.14. The average molecular weight is 1810 g/mol. The molecule has 0 nitrogen and oxygen atoms in total. The van der Waals surface area contributed by atoms with Crippen molar-refractivity contribution in [2.24, 2.45) is 0 Å². The molecule has 0 N–H and O–H groups in total. The number of hydrogen-bond acceptors (Lipinski definition) is 0. The van der Waals surface area contributed by atoms with Crippen LogP contribution in [0.3, 0.4) is 0 Å². The Hall–Kier alpha value is -9.36. The van der Waals surface area contributed by atoms with Crippen LogP contribution in [0.15, 0.2) is 243 Å². The summed E-state index contributed by atoms with van der Waals surface area (Å²) in [5.41, 5.74) is 12.5. The third-order valence-corrected chi connectivity index (χ3v) is 30.7. The molecule has 136 heavy (non-hydrogen) atoms. The van der Waals surface area contributed by atoms with Gasteiger partial charge in [-0.15, -0.1) is 0 Å². The van der Waals surface area contributed by atoms with Crippen LogP contribution in [0, 0.1) is 125 Å². The Morgan fingerprint density at radius 3 is 0.272 bits per heavy atom. The Morgan fingerprint density at radius 2 is 0.176 bits per heavy atom. The molecule has 25 rings (SSSR count). The zero-order valence-corrected chi connectivity index (χ0v) is 86.7. The molecular weight excluding hydrogens is 1630 g/mol. The summed E-state index contributed by atoms with van der Waals surface area (Å²) in [6, 6.07) is 99.2. The molecule has 0 saturated carbocycles. The van der Waals surface area contributed by atoms with Gasteiger partial charge in [0, 0.05) is 0 Å². The Bertz CT molecular complexity index is 5570. The minimum Gasteiger partial charge on any atom is -0.0654 e. The van der Waals surface area contributed by atoms with Gasteiger partial charge in [-0.2, -0.15) is 0 Å². The first-order valence-corrected chi connectivity index (χ1v) is 56.7. The van der Waals surface area contributed by atoms with Gasteiger partial charge >= 0.3 is 0 Å². The Morgan fingerprint density at radius 1 is 0.0956 bits per heavy atom. The normalized spacial score (nSPS) is 11.7. The van der Waals surface area contributed by atoms with Gasteiger partial charge in [0.15, 0.2) is 0 Å². The molecule has 12 aromatic carbocycles. The average Bonchev–Trinajstić information content (AvgIpc) is 0.874. The van der Waals surface area contributed by atoms with E-state index in [1.54, 1.807) is 44.5 Å². The van der Waals surface area contributed by atoms with E-state index in [0.29, 0.717) is 0 Å². The van der Waals surface area contributed by atoms with Crippen molar-refractivity contribution in [3.8, 4) is 0 Å². The van der Waals surface area contributed by atoms with Gasteiger partial charge in [0.25, 0.3) is 0 Å². The second kappa shape index (κ2) is 58.5. The predicted molar refractivity (Wildman–Crippen MR) is 586 cm³/mol. The zero-order chi connectivity index (χ0) is 94.4. The van der Waals surface area contributed by atoms with Crippen LogP contribution in [0.2, 0.25) is 0 Å². The van der Waals surface area contributed by atoms with Crippen LogP contribution < -0.4 is 0 Å². The van der Waals surface area contributed by atoms with Crippen LogP contribution in [0.5, 0.6) is 0 Å². The van der Waals surface area contributed by atoms with Crippen molar-refractivity contribution in [2.45, 2.75) is 415 Å². The maximum atomic E-state index is 2.66. The lowest BCUT2D eigenvalue weighted by atomic mass is 9.93. The smallest absolute Gasteiger partial charge is 0.0102 e. The molecular formula is C136H176. The van der Waals surface area contributed by atoms with E-state index in [2.05, 4.69) is 298 Å². The zero-order valence-electron chi connectivity index (χ0n) is 86.7. The van der Waals surface area contributed by atoms with Gasteiger partial charge in [0.05, 0.1) is 0 Å². The summed E-state index contributed by atoms with van der Waals surface area (Å²) in [4.78, 5) is 0. The van der Waals surface area contributed by atoms with Crippen molar-refractivity contribution < 1.29 is 0 Å². The summed E-state index contributed by atoms with van der Waals surface area (Å²) >= 11 is 0. The van der Waals surface area contributed by atoms with Crippen LogP contribution in [-0.2, 0) is 51.4 Å². The molecule has 0 saturated heterocycles.